The quantitative estimate of drug-likeness (QED) is 0.374. The standard InChI is InChI=1S/C20H36/c1-5-7-13-19-14-8-9-15-20(19)16-18(4)12-10-11-17(3)6-2/h19-20H,3-16H2,1-2H3. The van der Waals surface area contributed by atoms with Crippen LogP contribution in [0.3, 0.4) is 0 Å². The molecule has 0 bridgehead atoms. The molecule has 2 atom stereocenters. The normalized spacial score (nSPS) is 22.7. The van der Waals surface area contributed by atoms with Crippen LogP contribution in [0.1, 0.15) is 90.9 Å². The monoisotopic (exact) mass is 276 g/mol. The van der Waals surface area contributed by atoms with Crippen LogP contribution in [0.5, 0.6) is 0 Å². The van der Waals surface area contributed by atoms with E-state index in [4.69, 9.17) is 0 Å². The van der Waals surface area contributed by atoms with Crippen LogP contribution in [0.4, 0.5) is 0 Å². The summed E-state index contributed by atoms with van der Waals surface area (Å²) in [5.41, 5.74) is 2.90. The van der Waals surface area contributed by atoms with Gasteiger partial charge >= 0.3 is 0 Å². The molecular formula is C20H36. The average molecular weight is 277 g/mol. The van der Waals surface area contributed by atoms with Gasteiger partial charge in [-0.15, -0.1) is 0 Å². The lowest BCUT2D eigenvalue weighted by atomic mass is 9.73. The Bertz CT molecular complexity index is 286. The molecule has 20 heavy (non-hydrogen) atoms. The second kappa shape index (κ2) is 10.2. The summed E-state index contributed by atoms with van der Waals surface area (Å²) in [4.78, 5) is 0. The van der Waals surface area contributed by atoms with E-state index in [-0.39, 0.29) is 0 Å². The Hall–Kier alpha value is -0.520. The van der Waals surface area contributed by atoms with Crippen molar-refractivity contribution in [2.75, 3.05) is 0 Å². The van der Waals surface area contributed by atoms with Crippen molar-refractivity contribution in [2.24, 2.45) is 11.8 Å². The first-order valence-corrected chi connectivity index (χ1v) is 9.00. The number of unbranched alkanes of at least 4 members (excludes halogenated alkanes) is 1. The van der Waals surface area contributed by atoms with E-state index in [0.29, 0.717) is 0 Å². The molecule has 0 N–H and O–H groups in total. The molecule has 1 saturated carbocycles. The van der Waals surface area contributed by atoms with Crippen LogP contribution in [-0.2, 0) is 0 Å². The molecule has 0 heterocycles. The fourth-order valence-corrected chi connectivity index (χ4v) is 3.64. The van der Waals surface area contributed by atoms with Gasteiger partial charge in [-0.05, 0) is 50.4 Å². The minimum absolute atomic E-state index is 0.942. The zero-order chi connectivity index (χ0) is 14.8. The van der Waals surface area contributed by atoms with Gasteiger partial charge in [0, 0.05) is 0 Å². The third-order valence-electron chi connectivity index (χ3n) is 5.11. The molecule has 0 aromatic rings. The van der Waals surface area contributed by atoms with Crippen LogP contribution < -0.4 is 0 Å². The molecule has 0 nitrogen and oxygen atoms in total. The van der Waals surface area contributed by atoms with Crippen molar-refractivity contribution >= 4 is 0 Å². The topological polar surface area (TPSA) is 0 Å². The van der Waals surface area contributed by atoms with Gasteiger partial charge in [0.2, 0.25) is 0 Å². The highest BCUT2D eigenvalue weighted by Gasteiger charge is 2.24. The molecule has 1 rings (SSSR count). The Morgan fingerprint density at radius 3 is 2.20 bits per heavy atom. The van der Waals surface area contributed by atoms with E-state index in [1.807, 2.05) is 0 Å². The van der Waals surface area contributed by atoms with E-state index < -0.39 is 0 Å². The maximum atomic E-state index is 4.36. The molecule has 0 heteroatoms. The summed E-state index contributed by atoms with van der Waals surface area (Å²) in [5, 5.41) is 0. The van der Waals surface area contributed by atoms with Crippen LogP contribution in [0.15, 0.2) is 24.3 Å². The molecule has 116 valence electrons. The molecular weight excluding hydrogens is 240 g/mol. The minimum Gasteiger partial charge on any atom is -0.0999 e. The van der Waals surface area contributed by atoms with Gasteiger partial charge in [0.15, 0.2) is 0 Å². The molecule has 1 aliphatic carbocycles. The van der Waals surface area contributed by atoms with E-state index in [2.05, 4.69) is 27.0 Å². The Balaban J connectivity index is 2.28. The first kappa shape index (κ1) is 17.5. The average Bonchev–Trinajstić information content (AvgIpc) is 2.46. The minimum atomic E-state index is 0.942. The van der Waals surface area contributed by atoms with Gasteiger partial charge in [-0.2, -0.15) is 0 Å². The largest absolute Gasteiger partial charge is 0.0999 e. The maximum Gasteiger partial charge on any atom is -0.0292 e. The first-order chi connectivity index (χ1) is 9.67. The number of allylic oxidation sites excluding steroid dienone is 2. The molecule has 0 aliphatic heterocycles. The maximum absolute atomic E-state index is 4.36. The van der Waals surface area contributed by atoms with Crippen LogP contribution in [0, 0.1) is 11.8 Å². The van der Waals surface area contributed by atoms with Crippen molar-refractivity contribution in [3.63, 3.8) is 0 Å². The van der Waals surface area contributed by atoms with Gasteiger partial charge in [-0.1, -0.05) is 76.7 Å². The predicted octanol–water partition coefficient (Wildman–Crippen LogP) is 7.07. The Kier molecular flexibility index (Phi) is 8.98. The number of rotatable bonds is 10. The summed E-state index contributed by atoms with van der Waals surface area (Å²) in [6, 6.07) is 0. The molecule has 0 amide bonds. The highest BCUT2D eigenvalue weighted by molar-refractivity contribution is 5.00. The van der Waals surface area contributed by atoms with Crippen LogP contribution in [0.2, 0.25) is 0 Å². The molecule has 0 aromatic carbocycles. The highest BCUT2D eigenvalue weighted by Crippen LogP contribution is 2.37. The van der Waals surface area contributed by atoms with Crippen LogP contribution >= 0.6 is 0 Å². The predicted molar refractivity (Wildman–Crippen MR) is 92.0 cm³/mol. The van der Waals surface area contributed by atoms with Gasteiger partial charge < -0.3 is 0 Å². The SMILES string of the molecule is C=C(CC)CCCC(=C)CC1CCCCC1CCCC. The van der Waals surface area contributed by atoms with Crippen molar-refractivity contribution in [1.29, 1.82) is 0 Å². The summed E-state index contributed by atoms with van der Waals surface area (Å²) < 4.78 is 0. The molecule has 1 fully saturated rings. The Labute approximate surface area is 127 Å². The fraction of sp³-hybridized carbons (Fsp3) is 0.800. The molecule has 0 radical (unpaired) electrons. The van der Waals surface area contributed by atoms with Crippen molar-refractivity contribution in [3.05, 3.63) is 24.3 Å². The van der Waals surface area contributed by atoms with Crippen LogP contribution in [0.25, 0.3) is 0 Å². The Morgan fingerprint density at radius 1 is 0.900 bits per heavy atom. The lowest BCUT2D eigenvalue weighted by Crippen LogP contribution is -2.20. The van der Waals surface area contributed by atoms with E-state index >= 15 is 0 Å². The van der Waals surface area contributed by atoms with E-state index in [1.54, 1.807) is 0 Å². The summed E-state index contributed by atoms with van der Waals surface area (Å²) >= 11 is 0. The van der Waals surface area contributed by atoms with E-state index in [0.717, 1.165) is 18.3 Å². The summed E-state index contributed by atoms with van der Waals surface area (Å²) in [6.07, 6.45) is 16.2. The van der Waals surface area contributed by atoms with Gasteiger partial charge in [-0.3, -0.25) is 0 Å². The summed E-state index contributed by atoms with van der Waals surface area (Å²) in [7, 11) is 0. The number of hydrogen-bond acceptors (Lipinski definition) is 0. The van der Waals surface area contributed by atoms with Gasteiger partial charge in [0.05, 0.1) is 0 Å². The molecule has 0 saturated heterocycles. The van der Waals surface area contributed by atoms with Gasteiger partial charge in [0.1, 0.15) is 0 Å². The lowest BCUT2D eigenvalue weighted by Gasteiger charge is -2.32. The summed E-state index contributed by atoms with van der Waals surface area (Å²) in [6.45, 7) is 13.0. The van der Waals surface area contributed by atoms with Crippen LogP contribution in [-0.4, -0.2) is 0 Å². The Morgan fingerprint density at radius 2 is 1.55 bits per heavy atom. The van der Waals surface area contributed by atoms with Crippen molar-refractivity contribution < 1.29 is 0 Å². The second-order valence-electron chi connectivity index (χ2n) is 6.86. The highest BCUT2D eigenvalue weighted by atomic mass is 14.3. The molecule has 0 spiro atoms. The number of hydrogen-bond donors (Lipinski definition) is 0. The zero-order valence-electron chi connectivity index (χ0n) is 14.1. The molecule has 2 unspecified atom stereocenters. The smallest absolute Gasteiger partial charge is 0.0292 e. The van der Waals surface area contributed by atoms with Gasteiger partial charge in [-0.25, -0.2) is 0 Å². The summed E-state index contributed by atoms with van der Waals surface area (Å²) in [5.74, 6) is 1.93. The van der Waals surface area contributed by atoms with E-state index in [1.165, 1.54) is 81.8 Å². The third kappa shape index (κ3) is 6.77. The van der Waals surface area contributed by atoms with Crippen molar-refractivity contribution in [1.82, 2.24) is 0 Å². The zero-order valence-corrected chi connectivity index (χ0v) is 14.1. The second-order valence-corrected chi connectivity index (χ2v) is 6.86. The van der Waals surface area contributed by atoms with Gasteiger partial charge in [0.25, 0.3) is 0 Å². The van der Waals surface area contributed by atoms with Crippen molar-refractivity contribution in [2.45, 2.75) is 90.9 Å². The first-order valence-electron chi connectivity index (χ1n) is 9.00. The van der Waals surface area contributed by atoms with E-state index in [9.17, 15) is 0 Å². The van der Waals surface area contributed by atoms with Crippen molar-refractivity contribution in [3.8, 4) is 0 Å². The molecule has 0 aromatic heterocycles. The molecule has 1 aliphatic rings. The third-order valence-corrected chi connectivity index (χ3v) is 5.11. The fourth-order valence-electron chi connectivity index (χ4n) is 3.64. The lowest BCUT2D eigenvalue weighted by molar-refractivity contribution is 0.217.